The summed E-state index contributed by atoms with van der Waals surface area (Å²) in [5, 5.41) is 24.2. The number of amides is 1. The van der Waals surface area contributed by atoms with Crippen molar-refractivity contribution in [2.75, 3.05) is 5.32 Å². The van der Waals surface area contributed by atoms with E-state index in [9.17, 15) is 15.0 Å². The molecule has 2 aromatic heterocycles. The van der Waals surface area contributed by atoms with Crippen LogP contribution in [0.15, 0.2) is 24.4 Å². The molecule has 1 amide bonds. The van der Waals surface area contributed by atoms with E-state index in [0.717, 1.165) is 42.6 Å². The lowest BCUT2D eigenvalue weighted by Crippen LogP contribution is -2.43. The fourth-order valence-electron chi connectivity index (χ4n) is 5.70. The number of ether oxygens (including phenoxy) is 1. The number of allylic oxidation sites excluding steroid dienone is 2. The van der Waals surface area contributed by atoms with Gasteiger partial charge in [-0.3, -0.25) is 9.78 Å². The van der Waals surface area contributed by atoms with E-state index in [0.29, 0.717) is 24.2 Å². The van der Waals surface area contributed by atoms with Crippen molar-refractivity contribution in [3.8, 4) is 12.3 Å². The minimum absolute atomic E-state index is 0.00602. The number of terminal acetylenes is 1. The minimum atomic E-state index is -0.942. The number of carbonyl (C=O) groups is 1. The maximum Gasteiger partial charge on any atom is 0.291 e. The molecule has 4 heterocycles. The second-order valence-corrected chi connectivity index (χ2v) is 10.1. The predicted molar refractivity (Wildman–Crippen MR) is 127 cm³/mol. The maximum absolute atomic E-state index is 12.8. The summed E-state index contributed by atoms with van der Waals surface area (Å²) in [5.41, 5.74) is 2.06. The van der Waals surface area contributed by atoms with Gasteiger partial charge in [0.05, 0.1) is 22.6 Å². The molecule has 3 aliphatic rings. The second-order valence-electron chi connectivity index (χ2n) is 10.1. The Morgan fingerprint density at radius 3 is 2.56 bits per heavy atom. The Kier molecular flexibility index (Phi) is 5.59. The smallest absolute Gasteiger partial charge is 0.291 e. The zero-order valence-corrected chi connectivity index (χ0v) is 19.5. The number of hydrogen-bond donors (Lipinski definition) is 4. The second kappa shape index (κ2) is 8.35. The highest BCUT2D eigenvalue weighted by atomic mass is 16.6. The lowest BCUT2D eigenvalue weighted by atomic mass is 9.82. The lowest BCUT2D eigenvalue weighted by Gasteiger charge is -2.41. The van der Waals surface area contributed by atoms with Crippen molar-refractivity contribution >= 4 is 17.2 Å². The van der Waals surface area contributed by atoms with Crippen LogP contribution in [-0.2, 0) is 4.74 Å². The van der Waals surface area contributed by atoms with Gasteiger partial charge in [0.1, 0.15) is 17.9 Å². The average molecular weight is 463 g/mol. The molecule has 0 spiro atoms. The highest BCUT2D eigenvalue weighted by molar-refractivity contribution is 6.03. The van der Waals surface area contributed by atoms with Gasteiger partial charge in [-0.25, -0.2) is 4.98 Å². The number of aliphatic hydroxyl groups excluding tert-OH is 2. The number of aromatic amines is 1. The van der Waals surface area contributed by atoms with Crippen molar-refractivity contribution in [1.29, 1.82) is 0 Å². The summed E-state index contributed by atoms with van der Waals surface area (Å²) in [5.74, 6) is 2.17. The molecule has 0 saturated carbocycles. The summed E-state index contributed by atoms with van der Waals surface area (Å²) in [6, 6.07) is 3.79. The fourth-order valence-corrected chi connectivity index (χ4v) is 5.70. The van der Waals surface area contributed by atoms with Crippen LogP contribution in [0.5, 0.6) is 0 Å². The molecular weight excluding hydrogens is 432 g/mol. The number of aromatic nitrogens is 3. The van der Waals surface area contributed by atoms with E-state index >= 15 is 0 Å². The molecule has 2 saturated heterocycles. The van der Waals surface area contributed by atoms with E-state index in [1.165, 1.54) is 6.20 Å². The maximum atomic E-state index is 12.8. The van der Waals surface area contributed by atoms with Crippen molar-refractivity contribution in [3.63, 3.8) is 0 Å². The van der Waals surface area contributed by atoms with Gasteiger partial charge in [-0.2, -0.15) is 0 Å². The number of hydrogen-bond acceptors (Lipinski definition) is 6. The van der Waals surface area contributed by atoms with E-state index < -0.39 is 23.4 Å². The van der Waals surface area contributed by atoms with E-state index in [2.05, 4.69) is 27.3 Å². The molecule has 8 nitrogen and oxygen atoms in total. The number of pyridine rings is 1. The molecule has 1 unspecified atom stereocenters. The number of nitrogens with one attached hydrogen (secondary N) is 2. The van der Waals surface area contributed by atoms with Crippen LogP contribution in [-0.4, -0.2) is 54.5 Å². The Labute approximate surface area is 198 Å². The largest absolute Gasteiger partial charge is 0.387 e. The average Bonchev–Trinajstić information content (AvgIpc) is 3.36. The molecule has 8 heteroatoms. The Bertz CT molecular complexity index is 1180. The van der Waals surface area contributed by atoms with Gasteiger partial charge in [0, 0.05) is 17.8 Å². The van der Waals surface area contributed by atoms with Gasteiger partial charge < -0.3 is 25.3 Å². The summed E-state index contributed by atoms with van der Waals surface area (Å²) < 4.78 is 6.11. The van der Waals surface area contributed by atoms with Crippen LogP contribution < -0.4 is 5.32 Å². The van der Waals surface area contributed by atoms with Gasteiger partial charge in [0.25, 0.3) is 5.91 Å². The van der Waals surface area contributed by atoms with Crippen LogP contribution in [0.1, 0.15) is 86.0 Å². The first-order chi connectivity index (χ1) is 16.2. The topological polar surface area (TPSA) is 120 Å². The molecule has 2 aromatic rings. The first kappa shape index (κ1) is 22.8. The third-order valence-electron chi connectivity index (χ3n) is 7.44. The SMILES string of the molecule is C#Cc1c[nH]c(C(=O)Nc2ccc(C3C[C@@]4(C)O[C@@](C)(C3)[C@H](O)[C@@H]4O)nc2C2=CCCCC2)n1. The van der Waals surface area contributed by atoms with Crippen molar-refractivity contribution in [3.05, 3.63) is 47.3 Å². The number of fused-ring (bicyclic) bond motifs is 2. The van der Waals surface area contributed by atoms with Gasteiger partial charge in [0.15, 0.2) is 5.82 Å². The predicted octanol–water partition coefficient (Wildman–Crippen LogP) is 3.14. The number of nitrogens with zero attached hydrogens (tertiary/aromatic N) is 2. The molecule has 2 bridgehead atoms. The number of carbonyl (C=O) groups excluding carboxylic acids is 1. The molecule has 5 atom stereocenters. The summed E-state index contributed by atoms with van der Waals surface area (Å²) >= 11 is 0. The Morgan fingerprint density at radius 2 is 1.94 bits per heavy atom. The van der Waals surface area contributed by atoms with Crippen LogP contribution in [0, 0.1) is 12.3 Å². The van der Waals surface area contributed by atoms with E-state index in [1.807, 2.05) is 26.0 Å². The molecule has 4 N–H and O–H groups in total. The minimum Gasteiger partial charge on any atom is -0.387 e. The first-order valence-corrected chi connectivity index (χ1v) is 11.8. The Balaban J connectivity index is 1.48. The van der Waals surface area contributed by atoms with Crippen molar-refractivity contribution < 1.29 is 19.7 Å². The van der Waals surface area contributed by atoms with E-state index in [-0.39, 0.29) is 17.6 Å². The number of anilines is 1. The highest BCUT2D eigenvalue weighted by Crippen LogP contribution is 2.53. The fraction of sp³-hybridized carbons (Fsp3) is 0.500. The summed E-state index contributed by atoms with van der Waals surface area (Å²) in [7, 11) is 0. The van der Waals surface area contributed by atoms with Crippen LogP contribution in [0.4, 0.5) is 5.69 Å². The zero-order valence-electron chi connectivity index (χ0n) is 19.5. The van der Waals surface area contributed by atoms with E-state index in [1.54, 1.807) is 0 Å². The van der Waals surface area contributed by atoms with Gasteiger partial charge in [-0.15, -0.1) is 6.42 Å². The quantitative estimate of drug-likeness (QED) is 0.518. The van der Waals surface area contributed by atoms with Crippen LogP contribution in [0.2, 0.25) is 0 Å². The highest BCUT2D eigenvalue weighted by Gasteiger charge is 2.62. The number of imidazole rings is 1. The van der Waals surface area contributed by atoms with E-state index in [4.69, 9.17) is 16.1 Å². The summed E-state index contributed by atoms with van der Waals surface area (Å²) in [6.07, 6.45) is 12.4. The van der Waals surface area contributed by atoms with Crippen molar-refractivity contribution in [1.82, 2.24) is 15.0 Å². The van der Waals surface area contributed by atoms with Crippen LogP contribution in [0.3, 0.4) is 0 Å². The van der Waals surface area contributed by atoms with Gasteiger partial charge in [-0.1, -0.05) is 6.08 Å². The lowest BCUT2D eigenvalue weighted by molar-refractivity contribution is -0.153. The number of H-pyrrole nitrogens is 1. The van der Waals surface area contributed by atoms with Gasteiger partial charge in [-0.05, 0) is 76.0 Å². The molecular formula is C26H30N4O4. The number of rotatable bonds is 4. The molecule has 1 aliphatic carbocycles. The Morgan fingerprint density at radius 1 is 1.21 bits per heavy atom. The molecule has 0 radical (unpaired) electrons. The summed E-state index contributed by atoms with van der Waals surface area (Å²) in [4.78, 5) is 24.8. The van der Waals surface area contributed by atoms with Crippen LogP contribution in [0.25, 0.3) is 5.57 Å². The normalized spacial score (nSPS) is 32.7. The Hall–Kier alpha value is -2.99. The monoisotopic (exact) mass is 462 g/mol. The van der Waals surface area contributed by atoms with Gasteiger partial charge in [0.2, 0.25) is 0 Å². The number of aliphatic hydroxyl groups is 2. The molecule has 178 valence electrons. The zero-order chi connectivity index (χ0) is 24.1. The molecule has 0 aromatic carbocycles. The molecule has 5 rings (SSSR count). The third kappa shape index (κ3) is 3.84. The summed E-state index contributed by atoms with van der Waals surface area (Å²) in [6.45, 7) is 3.70. The van der Waals surface area contributed by atoms with Crippen LogP contribution >= 0.6 is 0 Å². The molecule has 2 fully saturated rings. The third-order valence-corrected chi connectivity index (χ3v) is 7.44. The molecule has 34 heavy (non-hydrogen) atoms. The van der Waals surface area contributed by atoms with Crippen molar-refractivity contribution in [2.24, 2.45) is 0 Å². The van der Waals surface area contributed by atoms with Gasteiger partial charge >= 0.3 is 0 Å². The first-order valence-electron chi connectivity index (χ1n) is 11.8. The standard InChI is InChI=1S/C26H30N4O4/c1-4-17-14-27-23(28-17)24(33)30-19-11-10-18(29-20(19)15-8-6-5-7-9-15)16-12-25(2)21(31)22(32)26(3,13-16)34-25/h1,8,10-11,14,16,21-22,31-32H,5-7,9,12-13H2,2-3H3,(H,27,28)(H,30,33)/t16?,21-,22+,25+,26-. The molecule has 2 aliphatic heterocycles. The van der Waals surface area contributed by atoms with Crippen molar-refractivity contribution in [2.45, 2.75) is 81.7 Å².